The molecular weight excluding hydrogens is 228 g/mol. The maximum absolute atomic E-state index is 12.1. The Hall–Kier alpha value is -2.30. The highest BCUT2D eigenvalue weighted by atomic mass is 16.2. The van der Waals surface area contributed by atoms with Crippen LogP contribution in [0.25, 0.3) is 0 Å². The molecule has 1 aromatic carbocycles. The van der Waals surface area contributed by atoms with Crippen molar-refractivity contribution in [3.63, 3.8) is 0 Å². The van der Waals surface area contributed by atoms with Gasteiger partial charge in [0.1, 0.15) is 5.69 Å². The Labute approximate surface area is 106 Å². The van der Waals surface area contributed by atoms with Crippen LogP contribution >= 0.6 is 0 Å². The first kappa shape index (κ1) is 12.2. The number of benzene rings is 1. The molecule has 0 aliphatic carbocycles. The van der Waals surface area contributed by atoms with Gasteiger partial charge in [-0.1, -0.05) is 6.07 Å². The van der Waals surface area contributed by atoms with Gasteiger partial charge in [0.2, 0.25) is 0 Å². The van der Waals surface area contributed by atoms with Crippen LogP contribution in [0.4, 0.5) is 11.4 Å². The summed E-state index contributed by atoms with van der Waals surface area (Å²) in [5, 5.41) is 5.93. The first-order chi connectivity index (χ1) is 8.61. The molecule has 0 saturated carbocycles. The van der Waals surface area contributed by atoms with E-state index in [1.807, 2.05) is 32.2 Å². The van der Waals surface area contributed by atoms with Gasteiger partial charge >= 0.3 is 0 Å². The van der Waals surface area contributed by atoms with Crippen LogP contribution in [0, 0.1) is 6.92 Å². The molecule has 94 valence electrons. The Morgan fingerprint density at radius 1 is 1.39 bits per heavy atom. The quantitative estimate of drug-likeness (QED) is 0.868. The highest BCUT2D eigenvalue weighted by Gasteiger charge is 2.11. The van der Waals surface area contributed by atoms with Crippen LogP contribution < -0.4 is 10.6 Å². The number of nitrogens with zero attached hydrogens (tertiary/aromatic N) is 2. The zero-order valence-corrected chi connectivity index (χ0v) is 10.7. The minimum atomic E-state index is -0.161. The topological polar surface area (TPSA) is 58.9 Å². The zero-order valence-electron chi connectivity index (χ0n) is 10.7. The van der Waals surface area contributed by atoms with Gasteiger partial charge in [-0.05, 0) is 24.6 Å². The van der Waals surface area contributed by atoms with Crippen LogP contribution in [-0.2, 0) is 7.05 Å². The van der Waals surface area contributed by atoms with Crippen molar-refractivity contribution in [2.45, 2.75) is 6.92 Å². The largest absolute Gasteiger partial charge is 0.388 e. The number of anilines is 2. The minimum absolute atomic E-state index is 0.161. The van der Waals surface area contributed by atoms with Crippen LogP contribution in [0.5, 0.6) is 0 Å². The number of carbonyl (C=O) groups is 1. The fraction of sp³-hybridized carbons (Fsp3) is 0.231. The molecule has 1 aromatic heterocycles. The van der Waals surface area contributed by atoms with Crippen LogP contribution in [0.2, 0.25) is 0 Å². The maximum atomic E-state index is 12.1. The third-order valence-electron chi connectivity index (χ3n) is 2.82. The van der Waals surface area contributed by atoms with Crippen molar-refractivity contribution in [1.29, 1.82) is 0 Å². The van der Waals surface area contributed by atoms with E-state index in [2.05, 4.69) is 15.6 Å². The predicted octanol–water partition coefficient (Wildman–Crippen LogP) is 2.02. The molecule has 0 unspecified atom stereocenters. The molecule has 0 spiro atoms. The summed E-state index contributed by atoms with van der Waals surface area (Å²) in [4.78, 5) is 16.0. The smallest absolute Gasteiger partial charge is 0.273 e. The summed E-state index contributed by atoms with van der Waals surface area (Å²) in [6.45, 7) is 1.96. The number of rotatable bonds is 3. The molecule has 0 bridgehead atoms. The summed E-state index contributed by atoms with van der Waals surface area (Å²) < 4.78 is 1.69. The molecular formula is C13H16N4O. The van der Waals surface area contributed by atoms with Crippen molar-refractivity contribution in [2.75, 3.05) is 17.7 Å². The Bertz CT molecular complexity index is 574. The number of aryl methyl sites for hydroxylation is 2. The van der Waals surface area contributed by atoms with Gasteiger partial charge in [0.25, 0.3) is 5.91 Å². The van der Waals surface area contributed by atoms with Gasteiger partial charge in [0.15, 0.2) is 0 Å². The number of hydrogen-bond acceptors (Lipinski definition) is 3. The molecule has 0 fully saturated rings. The van der Waals surface area contributed by atoms with Gasteiger partial charge in [-0.2, -0.15) is 0 Å². The molecule has 0 aliphatic heterocycles. The summed E-state index contributed by atoms with van der Waals surface area (Å²) in [6, 6.07) is 5.84. The first-order valence-corrected chi connectivity index (χ1v) is 5.68. The Morgan fingerprint density at radius 3 is 2.78 bits per heavy atom. The van der Waals surface area contributed by atoms with E-state index in [0.717, 1.165) is 16.9 Å². The summed E-state index contributed by atoms with van der Waals surface area (Å²) in [5.41, 5.74) is 3.31. The van der Waals surface area contributed by atoms with Gasteiger partial charge in [-0.3, -0.25) is 4.79 Å². The van der Waals surface area contributed by atoms with Crippen LogP contribution in [0.1, 0.15) is 16.1 Å². The SMILES string of the molecule is CNc1ccc(C)c(NC(=O)c2cncn2C)c1. The van der Waals surface area contributed by atoms with E-state index in [1.54, 1.807) is 24.1 Å². The highest BCUT2D eigenvalue weighted by Crippen LogP contribution is 2.20. The molecule has 2 rings (SSSR count). The molecule has 2 N–H and O–H groups in total. The van der Waals surface area contributed by atoms with Crippen molar-refractivity contribution >= 4 is 17.3 Å². The normalized spacial score (nSPS) is 10.2. The molecule has 1 heterocycles. The molecule has 0 radical (unpaired) electrons. The average molecular weight is 244 g/mol. The third kappa shape index (κ3) is 2.34. The molecule has 18 heavy (non-hydrogen) atoms. The minimum Gasteiger partial charge on any atom is -0.388 e. The van der Waals surface area contributed by atoms with Gasteiger partial charge in [0.05, 0.1) is 12.5 Å². The molecule has 2 aromatic rings. The lowest BCUT2D eigenvalue weighted by Crippen LogP contribution is -2.16. The fourth-order valence-electron chi connectivity index (χ4n) is 1.67. The standard InChI is InChI=1S/C13H16N4O/c1-9-4-5-10(14-2)6-11(9)16-13(18)12-7-15-8-17(12)3/h4-8,14H,1-3H3,(H,16,18). The zero-order chi connectivity index (χ0) is 13.1. The monoisotopic (exact) mass is 244 g/mol. The van der Waals surface area contributed by atoms with Crippen LogP contribution in [0.15, 0.2) is 30.7 Å². The lowest BCUT2D eigenvalue weighted by molar-refractivity contribution is 0.101. The molecule has 0 atom stereocenters. The second kappa shape index (κ2) is 4.91. The number of imidazole rings is 1. The van der Waals surface area contributed by atoms with Gasteiger partial charge < -0.3 is 15.2 Å². The number of hydrogen-bond donors (Lipinski definition) is 2. The van der Waals surface area contributed by atoms with E-state index >= 15 is 0 Å². The summed E-state index contributed by atoms with van der Waals surface area (Å²) in [6.07, 6.45) is 3.15. The summed E-state index contributed by atoms with van der Waals surface area (Å²) in [7, 11) is 3.64. The lowest BCUT2D eigenvalue weighted by Gasteiger charge is -2.10. The van der Waals surface area contributed by atoms with Crippen LogP contribution in [-0.4, -0.2) is 22.5 Å². The molecule has 1 amide bonds. The van der Waals surface area contributed by atoms with E-state index in [0.29, 0.717) is 5.69 Å². The van der Waals surface area contributed by atoms with E-state index in [1.165, 1.54) is 0 Å². The summed E-state index contributed by atoms with van der Waals surface area (Å²) in [5.74, 6) is -0.161. The molecule has 5 nitrogen and oxygen atoms in total. The van der Waals surface area contributed by atoms with Crippen molar-refractivity contribution in [2.24, 2.45) is 7.05 Å². The number of nitrogens with one attached hydrogen (secondary N) is 2. The first-order valence-electron chi connectivity index (χ1n) is 5.68. The summed E-state index contributed by atoms with van der Waals surface area (Å²) >= 11 is 0. The van der Waals surface area contributed by atoms with Crippen LogP contribution in [0.3, 0.4) is 0 Å². The third-order valence-corrected chi connectivity index (χ3v) is 2.82. The molecule has 0 saturated heterocycles. The van der Waals surface area contributed by atoms with Gasteiger partial charge in [-0.15, -0.1) is 0 Å². The number of carbonyl (C=O) groups excluding carboxylic acids is 1. The Morgan fingerprint density at radius 2 is 2.17 bits per heavy atom. The second-order valence-electron chi connectivity index (χ2n) is 4.12. The van der Waals surface area contributed by atoms with Crippen molar-refractivity contribution in [3.8, 4) is 0 Å². The van der Waals surface area contributed by atoms with Crippen molar-refractivity contribution in [3.05, 3.63) is 42.0 Å². The lowest BCUT2D eigenvalue weighted by atomic mass is 10.1. The van der Waals surface area contributed by atoms with E-state index < -0.39 is 0 Å². The number of aromatic nitrogens is 2. The van der Waals surface area contributed by atoms with E-state index in [-0.39, 0.29) is 5.91 Å². The molecule has 5 heteroatoms. The van der Waals surface area contributed by atoms with Gasteiger partial charge in [-0.25, -0.2) is 4.98 Å². The fourth-order valence-corrected chi connectivity index (χ4v) is 1.67. The second-order valence-corrected chi connectivity index (χ2v) is 4.12. The van der Waals surface area contributed by atoms with Crippen molar-refractivity contribution in [1.82, 2.24) is 9.55 Å². The maximum Gasteiger partial charge on any atom is 0.273 e. The van der Waals surface area contributed by atoms with E-state index in [4.69, 9.17) is 0 Å². The predicted molar refractivity (Wildman–Crippen MR) is 71.9 cm³/mol. The van der Waals surface area contributed by atoms with E-state index in [9.17, 15) is 4.79 Å². The number of amides is 1. The highest BCUT2D eigenvalue weighted by molar-refractivity contribution is 6.03. The van der Waals surface area contributed by atoms with Crippen molar-refractivity contribution < 1.29 is 4.79 Å². The average Bonchev–Trinajstić information content (AvgIpc) is 2.78. The molecule has 0 aliphatic rings. The Kier molecular flexibility index (Phi) is 3.32. The Balaban J connectivity index is 2.24. The van der Waals surface area contributed by atoms with Gasteiger partial charge in [0, 0.05) is 25.5 Å².